The van der Waals surface area contributed by atoms with E-state index in [0.717, 1.165) is 19.5 Å². The first-order chi connectivity index (χ1) is 10.3. The van der Waals surface area contributed by atoms with Gasteiger partial charge in [-0.05, 0) is 6.54 Å². The summed E-state index contributed by atoms with van der Waals surface area (Å²) in [6.07, 6.45) is 0.779. The Kier molecular flexibility index (Phi) is 16.7. The van der Waals surface area contributed by atoms with Crippen LogP contribution in [0.3, 0.4) is 0 Å². The standard InChI is InChI=1S/C14H30N2O5/c1-3-15-4-6-18-8-10-20-12-13-21-11-9-19-7-5-16(2)14-17/h14-15H,3-13H2,1-2H3. The molecule has 7 heteroatoms. The van der Waals surface area contributed by atoms with Crippen molar-refractivity contribution < 1.29 is 23.7 Å². The third-order valence-electron chi connectivity index (χ3n) is 2.56. The molecule has 0 atom stereocenters. The summed E-state index contributed by atoms with van der Waals surface area (Å²) in [6, 6.07) is 0. The van der Waals surface area contributed by atoms with Gasteiger partial charge in [0, 0.05) is 20.1 Å². The molecule has 0 aliphatic carbocycles. The molecule has 7 nitrogen and oxygen atoms in total. The first-order valence-electron chi connectivity index (χ1n) is 7.48. The van der Waals surface area contributed by atoms with Gasteiger partial charge in [-0.25, -0.2) is 0 Å². The predicted octanol–water partition coefficient (Wildman–Crippen LogP) is -0.249. The second-order valence-corrected chi connectivity index (χ2v) is 4.39. The number of amides is 1. The Labute approximate surface area is 127 Å². The monoisotopic (exact) mass is 306 g/mol. The number of rotatable bonds is 17. The number of carbonyl (C=O) groups is 1. The molecule has 0 radical (unpaired) electrons. The summed E-state index contributed by atoms with van der Waals surface area (Å²) in [5.41, 5.74) is 0. The molecule has 0 saturated carbocycles. The van der Waals surface area contributed by atoms with Crippen LogP contribution in [-0.4, -0.2) is 90.8 Å². The average Bonchev–Trinajstić information content (AvgIpc) is 2.50. The van der Waals surface area contributed by atoms with Gasteiger partial charge >= 0.3 is 0 Å². The van der Waals surface area contributed by atoms with Crippen LogP contribution >= 0.6 is 0 Å². The van der Waals surface area contributed by atoms with E-state index in [1.54, 1.807) is 7.05 Å². The van der Waals surface area contributed by atoms with Gasteiger partial charge in [0.15, 0.2) is 0 Å². The van der Waals surface area contributed by atoms with Crippen LogP contribution in [0.2, 0.25) is 0 Å². The Morgan fingerprint density at radius 1 is 0.857 bits per heavy atom. The first-order valence-corrected chi connectivity index (χ1v) is 7.48. The van der Waals surface area contributed by atoms with Crippen LogP contribution in [0.15, 0.2) is 0 Å². The van der Waals surface area contributed by atoms with Crippen LogP contribution in [0.4, 0.5) is 0 Å². The van der Waals surface area contributed by atoms with E-state index in [1.165, 1.54) is 4.90 Å². The van der Waals surface area contributed by atoms with Gasteiger partial charge in [-0.2, -0.15) is 0 Å². The fraction of sp³-hybridized carbons (Fsp3) is 0.929. The topological polar surface area (TPSA) is 69.3 Å². The zero-order valence-electron chi connectivity index (χ0n) is 13.3. The van der Waals surface area contributed by atoms with Crippen LogP contribution in [0.25, 0.3) is 0 Å². The highest BCUT2D eigenvalue weighted by Gasteiger charge is 1.94. The number of likely N-dealkylation sites (N-methyl/N-ethyl adjacent to an activating group) is 2. The molecule has 0 spiro atoms. The number of nitrogens with zero attached hydrogens (tertiary/aromatic N) is 1. The summed E-state index contributed by atoms with van der Waals surface area (Å²) < 4.78 is 21.4. The molecule has 0 aliphatic rings. The van der Waals surface area contributed by atoms with Crippen molar-refractivity contribution in [2.24, 2.45) is 0 Å². The van der Waals surface area contributed by atoms with Crippen molar-refractivity contribution in [1.29, 1.82) is 0 Å². The van der Waals surface area contributed by atoms with Gasteiger partial charge < -0.3 is 29.2 Å². The smallest absolute Gasteiger partial charge is 0.209 e. The Morgan fingerprint density at radius 2 is 1.33 bits per heavy atom. The summed E-state index contributed by atoms with van der Waals surface area (Å²) in [7, 11) is 1.72. The number of ether oxygens (including phenoxy) is 4. The zero-order chi connectivity index (χ0) is 15.6. The van der Waals surface area contributed by atoms with E-state index < -0.39 is 0 Å². The fourth-order valence-electron chi connectivity index (χ4n) is 1.34. The predicted molar refractivity (Wildman–Crippen MR) is 80.5 cm³/mol. The highest BCUT2D eigenvalue weighted by atomic mass is 16.6. The molecule has 0 unspecified atom stereocenters. The summed E-state index contributed by atoms with van der Waals surface area (Å²) >= 11 is 0. The molecule has 0 aliphatic heterocycles. The summed E-state index contributed by atoms with van der Waals surface area (Å²) in [5, 5.41) is 3.18. The Bertz CT molecular complexity index is 220. The minimum absolute atomic E-state index is 0.527. The first kappa shape index (κ1) is 20.3. The molecule has 0 rings (SSSR count). The molecule has 21 heavy (non-hydrogen) atoms. The van der Waals surface area contributed by atoms with Crippen molar-refractivity contribution >= 4 is 6.41 Å². The van der Waals surface area contributed by atoms with Crippen molar-refractivity contribution in [3.05, 3.63) is 0 Å². The molecule has 0 aromatic carbocycles. The van der Waals surface area contributed by atoms with Crippen LogP contribution in [0.1, 0.15) is 6.92 Å². The molecule has 1 amide bonds. The van der Waals surface area contributed by atoms with Crippen LogP contribution in [0.5, 0.6) is 0 Å². The van der Waals surface area contributed by atoms with Gasteiger partial charge in [0.2, 0.25) is 6.41 Å². The van der Waals surface area contributed by atoms with E-state index in [-0.39, 0.29) is 0 Å². The third kappa shape index (κ3) is 17.2. The summed E-state index contributed by atoms with van der Waals surface area (Å²) in [4.78, 5) is 11.8. The minimum Gasteiger partial charge on any atom is -0.378 e. The number of hydrogen-bond donors (Lipinski definition) is 1. The number of carbonyl (C=O) groups excluding carboxylic acids is 1. The molecule has 126 valence electrons. The lowest BCUT2D eigenvalue weighted by Gasteiger charge is -2.10. The average molecular weight is 306 g/mol. The maximum Gasteiger partial charge on any atom is 0.209 e. The van der Waals surface area contributed by atoms with Crippen LogP contribution in [-0.2, 0) is 23.7 Å². The number of hydrogen-bond acceptors (Lipinski definition) is 6. The highest BCUT2D eigenvalue weighted by Crippen LogP contribution is 1.83. The Hall–Kier alpha value is -0.730. The molecule has 0 fully saturated rings. The lowest BCUT2D eigenvalue weighted by atomic mass is 10.6. The van der Waals surface area contributed by atoms with Crippen molar-refractivity contribution in [3.63, 3.8) is 0 Å². The maximum absolute atomic E-state index is 10.3. The molecular formula is C14H30N2O5. The van der Waals surface area contributed by atoms with Gasteiger partial charge in [-0.1, -0.05) is 6.92 Å². The van der Waals surface area contributed by atoms with E-state index in [0.29, 0.717) is 59.4 Å². The molecule has 0 bridgehead atoms. The van der Waals surface area contributed by atoms with Crippen LogP contribution < -0.4 is 5.32 Å². The van der Waals surface area contributed by atoms with Gasteiger partial charge in [0.1, 0.15) is 0 Å². The van der Waals surface area contributed by atoms with E-state index in [1.807, 2.05) is 0 Å². The minimum atomic E-state index is 0.527. The summed E-state index contributed by atoms with van der Waals surface area (Å²) in [5.74, 6) is 0. The van der Waals surface area contributed by atoms with Crippen molar-refractivity contribution in [1.82, 2.24) is 10.2 Å². The van der Waals surface area contributed by atoms with E-state index in [2.05, 4.69) is 12.2 Å². The normalized spacial score (nSPS) is 10.8. The molecule has 0 aromatic heterocycles. The van der Waals surface area contributed by atoms with Crippen molar-refractivity contribution in [3.8, 4) is 0 Å². The Balaban J connectivity index is 2.98. The van der Waals surface area contributed by atoms with Gasteiger partial charge in [-0.3, -0.25) is 4.79 Å². The van der Waals surface area contributed by atoms with Crippen LogP contribution in [0, 0.1) is 0 Å². The second-order valence-electron chi connectivity index (χ2n) is 4.39. The Morgan fingerprint density at radius 3 is 1.81 bits per heavy atom. The quantitative estimate of drug-likeness (QED) is 0.295. The molecular weight excluding hydrogens is 276 g/mol. The van der Waals surface area contributed by atoms with Crippen molar-refractivity contribution in [2.45, 2.75) is 6.92 Å². The van der Waals surface area contributed by atoms with E-state index in [4.69, 9.17) is 18.9 Å². The molecule has 0 aromatic rings. The largest absolute Gasteiger partial charge is 0.378 e. The van der Waals surface area contributed by atoms with Crippen molar-refractivity contribution in [2.75, 3.05) is 79.5 Å². The third-order valence-corrected chi connectivity index (χ3v) is 2.56. The molecule has 1 N–H and O–H groups in total. The van der Waals surface area contributed by atoms with Gasteiger partial charge in [0.05, 0.1) is 52.9 Å². The zero-order valence-corrected chi connectivity index (χ0v) is 13.3. The molecule has 0 heterocycles. The fourth-order valence-corrected chi connectivity index (χ4v) is 1.34. The summed E-state index contributed by atoms with van der Waals surface area (Å²) in [6.45, 7) is 9.12. The SMILES string of the molecule is CCNCCOCCOCCOCCOCCN(C)C=O. The maximum atomic E-state index is 10.3. The molecule has 0 saturated heterocycles. The lowest BCUT2D eigenvalue weighted by Crippen LogP contribution is -2.22. The highest BCUT2D eigenvalue weighted by molar-refractivity contribution is 5.46. The van der Waals surface area contributed by atoms with E-state index in [9.17, 15) is 4.79 Å². The lowest BCUT2D eigenvalue weighted by molar-refractivity contribution is -0.117. The van der Waals surface area contributed by atoms with E-state index >= 15 is 0 Å². The number of nitrogens with one attached hydrogen (secondary N) is 1. The second kappa shape index (κ2) is 17.3. The van der Waals surface area contributed by atoms with Gasteiger partial charge in [0.25, 0.3) is 0 Å². The van der Waals surface area contributed by atoms with Gasteiger partial charge in [-0.15, -0.1) is 0 Å².